The van der Waals surface area contributed by atoms with E-state index in [4.69, 9.17) is 0 Å². The van der Waals surface area contributed by atoms with Crippen LogP contribution in [0.5, 0.6) is 0 Å². The Morgan fingerprint density at radius 1 is 1.20 bits per heavy atom. The first-order chi connectivity index (χ1) is 9.49. The van der Waals surface area contributed by atoms with Gasteiger partial charge in [0.2, 0.25) is 0 Å². The number of nitrogens with zero attached hydrogens (tertiary/aromatic N) is 2. The van der Waals surface area contributed by atoms with E-state index in [1.165, 1.54) is 6.07 Å². The summed E-state index contributed by atoms with van der Waals surface area (Å²) in [6, 6.07) is 6.42. The Morgan fingerprint density at radius 2 is 1.95 bits per heavy atom. The van der Waals surface area contributed by atoms with Gasteiger partial charge in [-0.15, -0.1) is 0 Å². The first-order valence-electron chi connectivity index (χ1n) is 5.88. The number of halogens is 2. The molecule has 0 aliphatic heterocycles. The third kappa shape index (κ3) is 2.90. The maximum absolute atomic E-state index is 13.1. The van der Waals surface area contributed by atoms with Crippen LogP contribution < -0.4 is 10.2 Å². The molecule has 0 aliphatic rings. The molecule has 0 spiro atoms. The Balaban J connectivity index is 2.26. The summed E-state index contributed by atoms with van der Waals surface area (Å²) in [4.78, 5) is 17.9. The number of hydrogen-bond donors (Lipinski definition) is 1. The van der Waals surface area contributed by atoms with E-state index in [9.17, 15) is 13.6 Å². The summed E-state index contributed by atoms with van der Waals surface area (Å²) < 4.78 is 25.9. The van der Waals surface area contributed by atoms with Crippen LogP contribution in [0, 0.1) is 11.6 Å². The molecule has 0 radical (unpaired) electrons. The molecule has 1 aromatic heterocycles. The Morgan fingerprint density at radius 3 is 2.60 bits per heavy atom. The Kier molecular flexibility index (Phi) is 3.93. The van der Waals surface area contributed by atoms with Crippen molar-refractivity contribution >= 4 is 17.4 Å². The normalized spacial score (nSPS) is 10.2. The minimum absolute atomic E-state index is 0.183. The third-order valence-corrected chi connectivity index (χ3v) is 2.63. The molecule has 1 amide bonds. The molecule has 4 nitrogen and oxygen atoms in total. The predicted octanol–water partition coefficient (Wildman–Crippen LogP) is 2.68. The predicted molar refractivity (Wildman–Crippen MR) is 72.9 cm³/mol. The molecule has 6 heteroatoms. The first-order valence-corrected chi connectivity index (χ1v) is 5.88. The van der Waals surface area contributed by atoms with Crippen LogP contribution in [0.15, 0.2) is 36.5 Å². The van der Waals surface area contributed by atoms with Gasteiger partial charge in [-0.2, -0.15) is 0 Å². The number of benzene rings is 1. The topological polar surface area (TPSA) is 45.2 Å². The van der Waals surface area contributed by atoms with E-state index in [1.807, 2.05) is 0 Å². The lowest BCUT2D eigenvalue weighted by atomic mass is 10.2. The zero-order valence-corrected chi connectivity index (χ0v) is 11.0. The van der Waals surface area contributed by atoms with Gasteiger partial charge in [0.25, 0.3) is 5.91 Å². The van der Waals surface area contributed by atoms with Crippen molar-refractivity contribution in [2.75, 3.05) is 24.3 Å². The second-order valence-corrected chi connectivity index (χ2v) is 4.35. The molecular weight excluding hydrogens is 264 g/mol. The van der Waals surface area contributed by atoms with E-state index in [0.29, 0.717) is 11.4 Å². The van der Waals surface area contributed by atoms with Crippen LogP contribution in [0.3, 0.4) is 0 Å². The van der Waals surface area contributed by atoms with E-state index in [2.05, 4.69) is 10.3 Å². The van der Waals surface area contributed by atoms with Crippen molar-refractivity contribution in [3.63, 3.8) is 0 Å². The highest BCUT2D eigenvalue weighted by Crippen LogP contribution is 2.18. The standard InChI is InChI=1S/C14H13F2N3O/c1-19(2)13-10(4-3-7-17-13)14(20)18-9-5-6-11(15)12(16)8-9/h3-8H,1-2H3,(H,18,20). The molecule has 0 atom stereocenters. The van der Waals surface area contributed by atoms with Crippen molar-refractivity contribution in [1.29, 1.82) is 0 Å². The summed E-state index contributed by atoms with van der Waals surface area (Å²) >= 11 is 0. The lowest BCUT2D eigenvalue weighted by molar-refractivity contribution is 0.102. The van der Waals surface area contributed by atoms with Crippen LogP contribution in [-0.4, -0.2) is 25.0 Å². The molecule has 0 fully saturated rings. The van der Waals surface area contributed by atoms with Gasteiger partial charge in [0.15, 0.2) is 11.6 Å². The zero-order chi connectivity index (χ0) is 14.7. The molecule has 104 valence electrons. The number of amides is 1. The fraction of sp³-hybridized carbons (Fsp3) is 0.143. The number of carbonyl (C=O) groups is 1. The van der Waals surface area contributed by atoms with Crippen LogP contribution >= 0.6 is 0 Å². The van der Waals surface area contributed by atoms with Gasteiger partial charge in [0.05, 0.1) is 5.56 Å². The number of rotatable bonds is 3. The van der Waals surface area contributed by atoms with Gasteiger partial charge < -0.3 is 10.2 Å². The number of hydrogen-bond acceptors (Lipinski definition) is 3. The number of aromatic nitrogens is 1. The van der Waals surface area contributed by atoms with Crippen molar-refractivity contribution in [1.82, 2.24) is 4.98 Å². The average Bonchev–Trinajstić information content (AvgIpc) is 2.43. The summed E-state index contributed by atoms with van der Waals surface area (Å²) in [5.41, 5.74) is 0.532. The number of nitrogens with one attached hydrogen (secondary N) is 1. The number of pyridine rings is 1. The second-order valence-electron chi connectivity index (χ2n) is 4.35. The Hall–Kier alpha value is -2.50. The zero-order valence-electron chi connectivity index (χ0n) is 11.0. The molecule has 0 saturated heterocycles. The molecule has 1 N–H and O–H groups in total. The van der Waals surface area contributed by atoms with Gasteiger partial charge in [-0.3, -0.25) is 4.79 Å². The van der Waals surface area contributed by atoms with Crippen LogP contribution in [0.2, 0.25) is 0 Å². The molecule has 2 aromatic rings. The highest BCUT2D eigenvalue weighted by atomic mass is 19.2. The molecule has 20 heavy (non-hydrogen) atoms. The van der Waals surface area contributed by atoms with Crippen molar-refractivity contribution in [2.24, 2.45) is 0 Å². The Bertz CT molecular complexity index is 644. The van der Waals surface area contributed by atoms with Crippen molar-refractivity contribution in [2.45, 2.75) is 0 Å². The summed E-state index contributed by atoms with van der Waals surface area (Å²) in [5, 5.41) is 2.51. The smallest absolute Gasteiger partial charge is 0.259 e. The highest BCUT2D eigenvalue weighted by molar-refractivity contribution is 6.07. The van der Waals surface area contributed by atoms with Gasteiger partial charge in [-0.1, -0.05) is 0 Å². The summed E-state index contributed by atoms with van der Waals surface area (Å²) in [5.74, 6) is -1.92. The van der Waals surface area contributed by atoms with Gasteiger partial charge in [-0.25, -0.2) is 13.8 Å². The second kappa shape index (κ2) is 5.64. The minimum Gasteiger partial charge on any atom is -0.362 e. The lowest BCUT2D eigenvalue weighted by Crippen LogP contribution is -2.19. The van der Waals surface area contributed by atoms with Crippen molar-refractivity contribution in [3.8, 4) is 0 Å². The largest absolute Gasteiger partial charge is 0.362 e. The molecule has 0 bridgehead atoms. The summed E-state index contributed by atoms with van der Waals surface area (Å²) in [6.07, 6.45) is 1.57. The molecule has 0 unspecified atom stereocenters. The lowest BCUT2D eigenvalue weighted by Gasteiger charge is -2.15. The van der Waals surface area contributed by atoms with Crippen LogP contribution in [0.1, 0.15) is 10.4 Å². The van der Waals surface area contributed by atoms with Gasteiger partial charge >= 0.3 is 0 Å². The molecule has 0 saturated carbocycles. The van der Waals surface area contributed by atoms with E-state index < -0.39 is 17.5 Å². The maximum atomic E-state index is 13.1. The molecule has 0 aliphatic carbocycles. The van der Waals surface area contributed by atoms with Crippen LogP contribution in [-0.2, 0) is 0 Å². The molecular formula is C14H13F2N3O. The minimum atomic E-state index is -1.01. The van der Waals surface area contributed by atoms with E-state index >= 15 is 0 Å². The number of anilines is 2. The van der Waals surface area contributed by atoms with Gasteiger partial charge in [0, 0.05) is 32.0 Å². The van der Waals surface area contributed by atoms with E-state index in [1.54, 1.807) is 37.3 Å². The Labute approximate surface area is 115 Å². The highest BCUT2D eigenvalue weighted by Gasteiger charge is 2.14. The van der Waals surface area contributed by atoms with Crippen LogP contribution in [0.4, 0.5) is 20.3 Å². The SMILES string of the molecule is CN(C)c1ncccc1C(=O)Nc1ccc(F)c(F)c1. The summed E-state index contributed by atoms with van der Waals surface area (Å²) in [7, 11) is 3.52. The molecule has 1 heterocycles. The summed E-state index contributed by atoms with van der Waals surface area (Å²) in [6.45, 7) is 0. The number of carbonyl (C=O) groups excluding carboxylic acids is 1. The quantitative estimate of drug-likeness (QED) is 0.938. The van der Waals surface area contributed by atoms with Crippen molar-refractivity contribution in [3.05, 3.63) is 53.7 Å². The fourth-order valence-electron chi connectivity index (χ4n) is 1.70. The molecule has 1 aromatic carbocycles. The monoisotopic (exact) mass is 277 g/mol. The third-order valence-electron chi connectivity index (χ3n) is 2.63. The van der Waals surface area contributed by atoms with Gasteiger partial charge in [0.1, 0.15) is 5.82 Å². The van der Waals surface area contributed by atoms with E-state index in [-0.39, 0.29) is 5.69 Å². The maximum Gasteiger partial charge on any atom is 0.259 e. The molecule has 2 rings (SSSR count). The van der Waals surface area contributed by atoms with Gasteiger partial charge in [-0.05, 0) is 24.3 Å². The van der Waals surface area contributed by atoms with Crippen LogP contribution in [0.25, 0.3) is 0 Å². The van der Waals surface area contributed by atoms with E-state index in [0.717, 1.165) is 12.1 Å². The fourth-order valence-corrected chi connectivity index (χ4v) is 1.70. The average molecular weight is 277 g/mol. The first kappa shape index (κ1) is 13.9. The van der Waals surface area contributed by atoms with Crippen molar-refractivity contribution < 1.29 is 13.6 Å².